The fraction of sp³-hybridized carbons (Fsp3) is 0.300. The molecule has 0 aliphatic heterocycles. The highest BCUT2D eigenvalue weighted by atomic mass is 19.1. The van der Waals surface area contributed by atoms with Crippen LogP contribution in [0.3, 0.4) is 0 Å². The van der Waals surface area contributed by atoms with Crippen LogP contribution in [-0.2, 0) is 16.1 Å². The zero-order chi connectivity index (χ0) is 19.2. The zero-order valence-corrected chi connectivity index (χ0v) is 15.3. The maximum absolute atomic E-state index is 13.0. The van der Waals surface area contributed by atoms with Crippen molar-refractivity contribution in [2.75, 3.05) is 6.61 Å². The Hall–Kier alpha value is -2.93. The highest BCUT2D eigenvalue weighted by Crippen LogP contribution is 2.25. The van der Waals surface area contributed by atoms with Crippen molar-refractivity contribution in [3.8, 4) is 11.5 Å². The van der Waals surface area contributed by atoms with E-state index >= 15 is 0 Å². The summed E-state index contributed by atoms with van der Waals surface area (Å²) in [6.07, 6.45) is 0.309. The van der Waals surface area contributed by atoms with Crippen molar-refractivity contribution in [1.29, 1.82) is 0 Å². The largest absolute Gasteiger partial charge is 0.466 e. The van der Waals surface area contributed by atoms with E-state index in [4.69, 9.17) is 9.47 Å². The Bertz CT molecular complexity index is 908. The van der Waals surface area contributed by atoms with Crippen LogP contribution in [0.15, 0.2) is 42.5 Å². The molecule has 0 saturated heterocycles. The first-order chi connectivity index (χ1) is 13.0. The average Bonchev–Trinajstić information content (AvgIpc) is 3.04. The van der Waals surface area contributed by atoms with E-state index in [2.05, 4.69) is 15.3 Å². The molecule has 0 amide bonds. The van der Waals surface area contributed by atoms with Gasteiger partial charge in [0, 0.05) is 12.1 Å². The number of hydrogen-bond acceptors (Lipinski definition) is 5. The van der Waals surface area contributed by atoms with Gasteiger partial charge in [0.2, 0.25) is 0 Å². The number of aromatic nitrogens is 2. The summed E-state index contributed by atoms with van der Waals surface area (Å²) in [5.41, 5.74) is 1.65. The number of nitrogens with one attached hydrogen (secondary N) is 2. The van der Waals surface area contributed by atoms with Gasteiger partial charge in [-0.2, -0.15) is 0 Å². The third-order valence-corrected chi connectivity index (χ3v) is 3.95. The molecule has 0 saturated carbocycles. The molecule has 142 valence electrons. The second-order valence-corrected chi connectivity index (χ2v) is 6.21. The lowest BCUT2D eigenvalue weighted by atomic mass is 10.2. The first-order valence-electron chi connectivity index (χ1n) is 8.84. The van der Waals surface area contributed by atoms with Gasteiger partial charge in [0.05, 0.1) is 30.6 Å². The summed E-state index contributed by atoms with van der Waals surface area (Å²) in [4.78, 5) is 19.2. The van der Waals surface area contributed by atoms with Crippen LogP contribution in [-0.4, -0.2) is 28.6 Å². The van der Waals surface area contributed by atoms with Crippen LogP contribution < -0.4 is 10.1 Å². The molecule has 27 heavy (non-hydrogen) atoms. The number of esters is 1. The van der Waals surface area contributed by atoms with Crippen LogP contribution in [0.5, 0.6) is 11.5 Å². The highest BCUT2D eigenvalue weighted by Gasteiger charge is 2.11. The van der Waals surface area contributed by atoms with Crippen LogP contribution in [0.2, 0.25) is 0 Å². The first-order valence-corrected chi connectivity index (χ1v) is 8.84. The summed E-state index contributed by atoms with van der Waals surface area (Å²) in [5, 5.41) is 3.25. The molecule has 0 aliphatic rings. The Kier molecular flexibility index (Phi) is 6.03. The maximum atomic E-state index is 13.0. The topological polar surface area (TPSA) is 76.2 Å². The predicted octanol–water partition coefficient (Wildman–Crippen LogP) is 3.93. The van der Waals surface area contributed by atoms with E-state index in [9.17, 15) is 9.18 Å². The summed E-state index contributed by atoms with van der Waals surface area (Å²) in [6.45, 7) is 4.60. The van der Waals surface area contributed by atoms with Gasteiger partial charge in [-0.3, -0.25) is 4.79 Å². The summed E-state index contributed by atoms with van der Waals surface area (Å²) in [5.74, 6) is 1.43. The number of ether oxygens (including phenoxy) is 2. The fourth-order valence-corrected chi connectivity index (χ4v) is 2.64. The summed E-state index contributed by atoms with van der Waals surface area (Å²) in [7, 11) is 0. The minimum Gasteiger partial charge on any atom is -0.466 e. The monoisotopic (exact) mass is 371 g/mol. The van der Waals surface area contributed by atoms with E-state index in [1.165, 1.54) is 12.1 Å². The number of H-pyrrole nitrogens is 1. The molecule has 3 aromatic rings. The Morgan fingerprint density at radius 2 is 1.96 bits per heavy atom. The van der Waals surface area contributed by atoms with Gasteiger partial charge in [-0.15, -0.1) is 0 Å². The van der Waals surface area contributed by atoms with Crippen LogP contribution in [0.4, 0.5) is 4.39 Å². The first kappa shape index (κ1) is 18.8. The molecular weight excluding hydrogens is 349 g/mol. The Labute approximate surface area is 156 Å². The quantitative estimate of drug-likeness (QED) is 0.587. The smallest absolute Gasteiger partial charge is 0.307 e. The van der Waals surface area contributed by atoms with E-state index in [0.717, 1.165) is 16.9 Å². The molecule has 2 N–H and O–H groups in total. The number of fused-ring (bicyclic) bond motifs is 1. The predicted molar refractivity (Wildman–Crippen MR) is 100 cm³/mol. The van der Waals surface area contributed by atoms with Gasteiger partial charge in [-0.1, -0.05) is 0 Å². The van der Waals surface area contributed by atoms with Gasteiger partial charge in [0.1, 0.15) is 23.1 Å². The van der Waals surface area contributed by atoms with Gasteiger partial charge in [0.25, 0.3) is 0 Å². The number of nitrogens with zero attached hydrogens (tertiary/aromatic N) is 1. The van der Waals surface area contributed by atoms with Crippen molar-refractivity contribution in [2.24, 2.45) is 0 Å². The molecule has 1 atom stereocenters. The second-order valence-electron chi connectivity index (χ2n) is 6.21. The number of rotatable bonds is 8. The molecule has 1 unspecified atom stereocenters. The van der Waals surface area contributed by atoms with Gasteiger partial charge < -0.3 is 19.8 Å². The summed E-state index contributed by atoms with van der Waals surface area (Å²) >= 11 is 0. The van der Waals surface area contributed by atoms with Crippen molar-refractivity contribution < 1.29 is 18.7 Å². The van der Waals surface area contributed by atoms with Crippen LogP contribution in [0, 0.1) is 5.82 Å². The number of aromatic amines is 1. The molecule has 0 aliphatic carbocycles. The molecule has 0 bridgehead atoms. The Balaban J connectivity index is 1.61. The standard InChI is InChI=1S/C20H22FN3O3/c1-3-26-20(25)10-13(2)22-12-19-23-17-9-8-16(11-18(17)24-19)27-15-6-4-14(21)5-7-15/h4-9,11,13,22H,3,10,12H2,1-2H3,(H,23,24). The van der Waals surface area contributed by atoms with Crippen LogP contribution in [0.1, 0.15) is 26.1 Å². The van der Waals surface area contributed by atoms with E-state index in [1.54, 1.807) is 19.1 Å². The molecule has 3 rings (SSSR count). The van der Waals surface area contributed by atoms with Crippen LogP contribution >= 0.6 is 0 Å². The molecule has 7 heteroatoms. The molecule has 0 fully saturated rings. The van der Waals surface area contributed by atoms with Gasteiger partial charge >= 0.3 is 5.97 Å². The molecule has 0 spiro atoms. The number of carbonyl (C=O) groups is 1. The zero-order valence-electron chi connectivity index (χ0n) is 15.3. The van der Waals surface area contributed by atoms with Crippen molar-refractivity contribution in [1.82, 2.24) is 15.3 Å². The van der Waals surface area contributed by atoms with E-state index in [1.807, 2.05) is 25.1 Å². The molecule has 1 aromatic heterocycles. The van der Waals surface area contributed by atoms with Gasteiger partial charge in [0.15, 0.2) is 0 Å². The lowest BCUT2D eigenvalue weighted by Gasteiger charge is -2.11. The van der Waals surface area contributed by atoms with Crippen molar-refractivity contribution in [3.63, 3.8) is 0 Å². The Morgan fingerprint density at radius 1 is 1.22 bits per heavy atom. The number of carbonyl (C=O) groups excluding carboxylic acids is 1. The minimum absolute atomic E-state index is 0.0189. The third-order valence-electron chi connectivity index (χ3n) is 3.95. The molecule has 0 radical (unpaired) electrons. The minimum atomic E-state index is -0.305. The van der Waals surface area contributed by atoms with E-state index in [0.29, 0.717) is 31.1 Å². The van der Waals surface area contributed by atoms with Gasteiger partial charge in [-0.25, -0.2) is 9.37 Å². The number of hydrogen-bond donors (Lipinski definition) is 2. The second kappa shape index (κ2) is 8.64. The van der Waals surface area contributed by atoms with Gasteiger partial charge in [-0.05, 0) is 50.2 Å². The summed E-state index contributed by atoms with van der Waals surface area (Å²) < 4.78 is 23.7. The van der Waals surface area contributed by atoms with Crippen molar-refractivity contribution in [3.05, 3.63) is 54.1 Å². The van der Waals surface area contributed by atoms with Crippen molar-refractivity contribution in [2.45, 2.75) is 32.9 Å². The summed E-state index contributed by atoms with van der Waals surface area (Å²) in [6, 6.07) is 11.4. The van der Waals surface area contributed by atoms with E-state index in [-0.39, 0.29) is 17.8 Å². The van der Waals surface area contributed by atoms with Crippen molar-refractivity contribution >= 4 is 17.0 Å². The fourth-order valence-electron chi connectivity index (χ4n) is 2.64. The normalized spacial score (nSPS) is 12.1. The SMILES string of the molecule is CCOC(=O)CC(C)NCc1nc2ccc(Oc3ccc(F)cc3)cc2[nH]1. The lowest BCUT2D eigenvalue weighted by Crippen LogP contribution is -2.29. The third kappa shape index (κ3) is 5.27. The molecular formula is C20H22FN3O3. The number of benzene rings is 2. The van der Waals surface area contributed by atoms with Crippen LogP contribution in [0.25, 0.3) is 11.0 Å². The molecule has 2 aromatic carbocycles. The average molecular weight is 371 g/mol. The maximum Gasteiger partial charge on any atom is 0.307 e. The Morgan fingerprint density at radius 3 is 2.70 bits per heavy atom. The lowest BCUT2D eigenvalue weighted by molar-refractivity contribution is -0.143. The number of imidazole rings is 1. The highest BCUT2D eigenvalue weighted by molar-refractivity contribution is 5.77. The molecule has 6 nitrogen and oxygen atoms in total. The number of halogens is 1. The molecule has 1 heterocycles. The van der Waals surface area contributed by atoms with E-state index < -0.39 is 0 Å².